The number of rotatable bonds is 5. The molecular formula is C21H20N4S. The summed E-state index contributed by atoms with van der Waals surface area (Å²) in [4.78, 5) is 4.61. The first-order chi connectivity index (χ1) is 12.7. The molecule has 4 rings (SSSR count). The number of benzene rings is 2. The van der Waals surface area contributed by atoms with E-state index in [2.05, 4.69) is 88.7 Å². The van der Waals surface area contributed by atoms with Crippen LogP contribution >= 0.6 is 11.3 Å². The molecule has 1 N–H and O–H groups in total. The summed E-state index contributed by atoms with van der Waals surface area (Å²) in [6.07, 6.45) is 4.00. The van der Waals surface area contributed by atoms with Gasteiger partial charge in [-0.1, -0.05) is 48.0 Å². The van der Waals surface area contributed by atoms with Crippen LogP contribution in [0.3, 0.4) is 0 Å². The zero-order valence-electron chi connectivity index (χ0n) is 14.8. The largest absolute Gasteiger partial charge is 0.347 e. The molecule has 0 saturated carbocycles. The van der Waals surface area contributed by atoms with Crippen LogP contribution in [-0.4, -0.2) is 15.8 Å². The molecule has 0 fully saturated rings. The number of nitrogens with one attached hydrogen (secondary N) is 1. The molecule has 130 valence electrons. The predicted octanol–water partition coefficient (Wildman–Crippen LogP) is 5.54. The molecular weight excluding hydrogens is 340 g/mol. The lowest BCUT2D eigenvalue weighted by atomic mass is 10.1. The average Bonchev–Trinajstić information content (AvgIpc) is 3.28. The number of thiazole rings is 1. The maximum Gasteiger partial charge on any atom is 0.203 e. The molecule has 5 heteroatoms. The van der Waals surface area contributed by atoms with E-state index >= 15 is 0 Å². The fraction of sp³-hybridized carbons (Fsp3) is 0.143. The second kappa shape index (κ2) is 7.14. The highest BCUT2D eigenvalue weighted by Gasteiger charge is 2.06. The number of hydrogen-bond acceptors (Lipinski definition) is 4. The smallest absolute Gasteiger partial charge is 0.203 e. The monoisotopic (exact) mass is 360 g/mol. The summed E-state index contributed by atoms with van der Waals surface area (Å²) < 4.78 is 2.23. The SMILES string of the molecule is CCn1cc(/C=N\Nc2nc(-c3ccc(C)cc3)cs2)c2ccccc21. The van der Waals surface area contributed by atoms with E-state index in [0.29, 0.717) is 0 Å². The molecule has 2 aromatic carbocycles. The Morgan fingerprint density at radius 3 is 2.77 bits per heavy atom. The van der Waals surface area contributed by atoms with Gasteiger partial charge in [0.1, 0.15) is 0 Å². The van der Waals surface area contributed by atoms with Crippen molar-refractivity contribution in [2.75, 3.05) is 5.43 Å². The fourth-order valence-corrected chi connectivity index (χ4v) is 3.65. The Labute approximate surface area is 156 Å². The zero-order valence-corrected chi connectivity index (χ0v) is 15.6. The number of aromatic nitrogens is 2. The first kappa shape index (κ1) is 16.5. The second-order valence-corrected chi connectivity index (χ2v) is 7.02. The van der Waals surface area contributed by atoms with Gasteiger partial charge in [0, 0.05) is 40.2 Å². The van der Waals surface area contributed by atoms with Crippen LogP contribution < -0.4 is 5.43 Å². The Balaban J connectivity index is 1.52. The molecule has 0 atom stereocenters. The number of fused-ring (bicyclic) bond motifs is 1. The van der Waals surface area contributed by atoms with E-state index in [9.17, 15) is 0 Å². The fourth-order valence-electron chi connectivity index (χ4n) is 2.98. The maximum atomic E-state index is 4.61. The van der Waals surface area contributed by atoms with Gasteiger partial charge in [0.25, 0.3) is 0 Å². The van der Waals surface area contributed by atoms with Gasteiger partial charge in [-0.05, 0) is 19.9 Å². The van der Waals surface area contributed by atoms with Crippen molar-refractivity contribution < 1.29 is 0 Å². The van der Waals surface area contributed by atoms with Gasteiger partial charge in [0.05, 0.1) is 11.9 Å². The maximum absolute atomic E-state index is 4.61. The Morgan fingerprint density at radius 2 is 1.96 bits per heavy atom. The normalized spacial score (nSPS) is 11.5. The Kier molecular flexibility index (Phi) is 4.54. The summed E-state index contributed by atoms with van der Waals surface area (Å²) in [6, 6.07) is 16.8. The molecule has 2 aromatic heterocycles. The molecule has 0 spiro atoms. The molecule has 0 amide bonds. The molecule has 0 bridgehead atoms. The highest BCUT2D eigenvalue weighted by Crippen LogP contribution is 2.25. The second-order valence-electron chi connectivity index (χ2n) is 6.16. The van der Waals surface area contributed by atoms with Crippen LogP contribution in [0.25, 0.3) is 22.2 Å². The summed E-state index contributed by atoms with van der Waals surface area (Å²) in [5, 5.41) is 8.43. The number of aryl methyl sites for hydroxylation is 2. The van der Waals surface area contributed by atoms with E-state index in [-0.39, 0.29) is 0 Å². The molecule has 26 heavy (non-hydrogen) atoms. The number of hydrogen-bond donors (Lipinski definition) is 1. The van der Waals surface area contributed by atoms with E-state index in [1.807, 2.05) is 11.6 Å². The minimum atomic E-state index is 0.788. The quantitative estimate of drug-likeness (QED) is 0.375. The lowest BCUT2D eigenvalue weighted by Crippen LogP contribution is -1.91. The first-order valence-corrected chi connectivity index (χ1v) is 9.52. The highest BCUT2D eigenvalue weighted by molar-refractivity contribution is 7.14. The lowest BCUT2D eigenvalue weighted by molar-refractivity contribution is 0.797. The van der Waals surface area contributed by atoms with Crippen LogP contribution in [0.2, 0.25) is 0 Å². The molecule has 2 heterocycles. The van der Waals surface area contributed by atoms with E-state index in [1.165, 1.54) is 16.5 Å². The van der Waals surface area contributed by atoms with E-state index in [1.54, 1.807) is 11.3 Å². The van der Waals surface area contributed by atoms with Crippen molar-refractivity contribution in [3.8, 4) is 11.3 Å². The Morgan fingerprint density at radius 1 is 1.15 bits per heavy atom. The van der Waals surface area contributed by atoms with Gasteiger partial charge in [0.15, 0.2) is 0 Å². The van der Waals surface area contributed by atoms with Gasteiger partial charge in [-0.3, -0.25) is 5.43 Å². The third-order valence-electron chi connectivity index (χ3n) is 4.38. The molecule has 0 saturated heterocycles. The van der Waals surface area contributed by atoms with E-state index in [0.717, 1.165) is 28.5 Å². The number of hydrazone groups is 1. The van der Waals surface area contributed by atoms with Crippen LogP contribution in [0, 0.1) is 6.92 Å². The van der Waals surface area contributed by atoms with Crippen LogP contribution in [0.15, 0.2) is 65.2 Å². The van der Waals surface area contributed by atoms with Crippen molar-refractivity contribution in [3.63, 3.8) is 0 Å². The molecule has 0 unspecified atom stereocenters. The van der Waals surface area contributed by atoms with Gasteiger partial charge in [0.2, 0.25) is 5.13 Å². The molecule has 4 nitrogen and oxygen atoms in total. The van der Waals surface area contributed by atoms with Crippen LogP contribution in [0.5, 0.6) is 0 Å². The topological polar surface area (TPSA) is 42.2 Å². The summed E-state index contributed by atoms with van der Waals surface area (Å²) in [7, 11) is 0. The van der Waals surface area contributed by atoms with Crippen molar-refractivity contribution in [1.82, 2.24) is 9.55 Å². The molecule has 0 aliphatic heterocycles. The van der Waals surface area contributed by atoms with E-state index < -0.39 is 0 Å². The van der Waals surface area contributed by atoms with Crippen LogP contribution in [-0.2, 0) is 6.54 Å². The number of anilines is 1. The minimum absolute atomic E-state index is 0.788. The molecule has 0 aliphatic carbocycles. The van der Waals surface area contributed by atoms with Gasteiger partial charge >= 0.3 is 0 Å². The van der Waals surface area contributed by atoms with Crippen LogP contribution in [0.4, 0.5) is 5.13 Å². The van der Waals surface area contributed by atoms with Gasteiger partial charge < -0.3 is 4.57 Å². The predicted molar refractivity (Wildman–Crippen MR) is 111 cm³/mol. The van der Waals surface area contributed by atoms with Crippen molar-refractivity contribution in [1.29, 1.82) is 0 Å². The van der Waals surface area contributed by atoms with Crippen molar-refractivity contribution in [2.24, 2.45) is 5.10 Å². The Hall–Kier alpha value is -2.92. The van der Waals surface area contributed by atoms with E-state index in [4.69, 9.17) is 0 Å². The molecule has 0 aliphatic rings. The summed E-state index contributed by atoms with van der Waals surface area (Å²) in [5.74, 6) is 0. The highest BCUT2D eigenvalue weighted by atomic mass is 32.1. The third kappa shape index (κ3) is 3.26. The molecule has 4 aromatic rings. The van der Waals surface area contributed by atoms with Crippen molar-refractivity contribution >= 4 is 33.6 Å². The van der Waals surface area contributed by atoms with Gasteiger partial charge in [-0.2, -0.15) is 5.10 Å². The molecule has 0 radical (unpaired) electrons. The van der Waals surface area contributed by atoms with Crippen molar-refractivity contribution in [2.45, 2.75) is 20.4 Å². The van der Waals surface area contributed by atoms with Gasteiger partial charge in [-0.15, -0.1) is 11.3 Å². The average molecular weight is 360 g/mol. The van der Waals surface area contributed by atoms with Gasteiger partial charge in [-0.25, -0.2) is 4.98 Å². The number of para-hydroxylation sites is 1. The van der Waals surface area contributed by atoms with Crippen LogP contribution in [0.1, 0.15) is 18.1 Å². The number of nitrogens with zero attached hydrogens (tertiary/aromatic N) is 3. The zero-order chi connectivity index (χ0) is 17.9. The Bertz CT molecular complexity index is 1060. The minimum Gasteiger partial charge on any atom is -0.347 e. The first-order valence-electron chi connectivity index (χ1n) is 8.64. The summed E-state index contributed by atoms with van der Waals surface area (Å²) in [6.45, 7) is 5.17. The standard InChI is InChI=1S/C21H20N4S/c1-3-25-13-17(18-6-4-5-7-20(18)25)12-22-24-21-23-19(14-26-21)16-10-8-15(2)9-11-16/h4-14H,3H2,1-2H3,(H,23,24)/b22-12-. The summed E-state index contributed by atoms with van der Waals surface area (Å²) >= 11 is 1.56. The third-order valence-corrected chi connectivity index (χ3v) is 5.12. The lowest BCUT2D eigenvalue weighted by Gasteiger charge is -1.97. The van der Waals surface area contributed by atoms with Crippen molar-refractivity contribution in [3.05, 3.63) is 71.2 Å². The summed E-state index contributed by atoms with van der Waals surface area (Å²) in [5.41, 5.74) is 8.72.